The van der Waals surface area contributed by atoms with Gasteiger partial charge < -0.3 is 5.73 Å². The quantitative estimate of drug-likeness (QED) is 0.878. The van der Waals surface area contributed by atoms with Gasteiger partial charge in [0.05, 0.1) is 5.69 Å². The fraction of sp³-hybridized carbons (Fsp3) is 0.286. The number of nitrogens with zero attached hydrogens (tertiary/aromatic N) is 1. The number of primary amides is 1. The highest BCUT2D eigenvalue weighted by atomic mass is 16.1. The van der Waals surface area contributed by atoms with E-state index in [0.29, 0.717) is 11.6 Å². The molecular weight excluding hydrogens is 212 g/mol. The summed E-state index contributed by atoms with van der Waals surface area (Å²) in [5.41, 5.74) is 6.62. The Labute approximate surface area is 101 Å². The fourth-order valence-electron chi connectivity index (χ4n) is 1.92. The van der Waals surface area contributed by atoms with E-state index in [2.05, 4.69) is 18.8 Å². The van der Waals surface area contributed by atoms with Crippen LogP contribution in [0.15, 0.2) is 30.3 Å². The Balaban J connectivity index is 2.73. The van der Waals surface area contributed by atoms with Crippen LogP contribution in [0, 0.1) is 0 Å². The van der Waals surface area contributed by atoms with Gasteiger partial charge in [0.25, 0.3) is 5.91 Å². The van der Waals surface area contributed by atoms with E-state index in [4.69, 9.17) is 5.73 Å². The van der Waals surface area contributed by atoms with Crippen LogP contribution >= 0.6 is 0 Å². The molecule has 1 atom stereocenters. The molecule has 3 heteroatoms. The fourth-order valence-corrected chi connectivity index (χ4v) is 1.92. The minimum atomic E-state index is -0.472. The molecule has 0 spiro atoms. The second kappa shape index (κ2) is 4.53. The van der Waals surface area contributed by atoms with E-state index in [9.17, 15) is 4.79 Å². The van der Waals surface area contributed by atoms with Crippen molar-refractivity contribution in [1.82, 2.24) is 4.98 Å². The first-order valence-electron chi connectivity index (χ1n) is 5.83. The predicted octanol–water partition coefficient (Wildman–Crippen LogP) is 2.85. The summed E-state index contributed by atoms with van der Waals surface area (Å²) in [4.78, 5) is 15.7. The van der Waals surface area contributed by atoms with Gasteiger partial charge in [-0.05, 0) is 23.8 Å². The monoisotopic (exact) mass is 228 g/mol. The van der Waals surface area contributed by atoms with Crippen molar-refractivity contribution in [3.05, 3.63) is 41.7 Å². The van der Waals surface area contributed by atoms with Gasteiger partial charge in [0.1, 0.15) is 5.69 Å². The lowest BCUT2D eigenvalue weighted by Gasteiger charge is -2.12. The van der Waals surface area contributed by atoms with Gasteiger partial charge in [0.15, 0.2) is 0 Å². The zero-order valence-corrected chi connectivity index (χ0v) is 10.1. The maximum Gasteiger partial charge on any atom is 0.267 e. The molecule has 1 heterocycles. The maximum absolute atomic E-state index is 11.3. The lowest BCUT2D eigenvalue weighted by Crippen LogP contribution is -2.14. The molecule has 3 nitrogen and oxygen atoms in total. The van der Waals surface area contributed by atoms with Gasteiger partial charge >= 0.3 is 0 Å². The molecule has 0 aliphatic carbocycles. The number of hydrogen-bond donors (Lipinski definition) is 1. The first-order valence-corrected chi connectivity index (χ1v) is 5.83. The van der Waals surface area contributed by atoms with Crippen molar-refractivity contribution in [3.8, 4) is 0 Å². The van der Waals surface area contributed by atoms with Gasteiger partial charge in [-0.2, -0.15) is 0 Å². The largest absolute Gasteiger partial charge is 0.364 e. The third kappa shape index (κ3) is 2.13. The van der Waals surface area contributed by atoms with E-state index in [1.165, 1.54) is 0 Å². The van der Waals surface area contributed by atoms with E-state index in [0.717, 1.165) is 22.9 Å². The highest BCUT2D eigenvalue weighted by molar-refractivity contribution is 5.96. The lowest BCUT2D eigenvalue weighted by molar-refractivity contribution is 0.0995. The SMILES string of the molecule is CCC(C)c1nc(C(N)=O)cc2ccccc12. The summed E-state index contributed by atoms with van der Waals surface area (Å²) in [6, 6.07) is 9.71. The molecule has 1 amide bonds. The number of rotatable bonds is 3. The van der Waals surface area contributed by atoms with Crippen molar-refractivity contribution in [2.45, 2.75) is 26.2 Å². The number of aromatic nitrogens is 1. The summed E-state index contributed by atoms with van der Waals surface area (Å²) in [6.07, 6.45) is 0.985. The molecule has 0 radical (unpaired) electrons. The second-order valence-electron chi connectivity index (χ2n) is 4.29. The number of pyridine rings is 1. The summed E-state index contributed by atoms with van der Waals surface area (Å²) >= 11 is 0. The van der Waals surface area contributed by atoms with Gasteiger partial charge in [-0.25, -0.2) is 4.98 Å². The molecule has 1 unspecified atom stereocenters. The zero-order chi connectivity index (χ0) is 12.4. The van der Waals surface area contributed by atoms with E-state index in [1.807, 2.05) is 24.3 Å². The van der Waals surface area contributed by atoms with Gasteiger partial charge in [-0.1, -0.05) is 38.1 Å². The molecule has 1 aromatic heterocycles. The van der Waals surface area contributed by atoms with Crippen LogP contribution in [0.2, 0.25) is 0 Å². The van der Waals surface area contributed by atoms with Crippen molar-refractivity contribution in [1.29, 1.82) is 0 Å². The Morgan fingerprint density at radius 2 is 2.12 bits per heavy atom. The molecule has 2 rings (SSSR count). The van der Waals surface area contributed by atoms with Crippen molar-refractivity contribution in [3.63, 3.8) is 0 Å². The Bertz CT molecular complexity index is 563. The molecule has 2 aromatic rings. The number of hydrogen-bond acceptors (Lipinski definition) is 2. The Kier molecular flexibility index (Phi) is 3.09. The third-order valence-electron chi connectivity index (χ3n) is 3.10. The molecule has 0 fully saturated rings. The molecule has 0 bridgehead atoms. The van der Waals surface area contributed by atoms with Crippen LogP contribution in [-0.2, 0) is 0 Å². The maximum atomic E-state index is 11.3. The molecule has 88 valence electrons. The van der Waals surface area contributed by atoms with E-state index >= 15 is 0 Å². The standard InChI is InChI=1S/C14H16N2O/c1-3-9(2)13-11-7-5-4-6-10(11)8-12(16-13)14(15)17/h4-9H,3H2,1-2H3,(H2,15,17). The van der Waals surface area contributed by atoms with Gasteiger partial charge in [0.2, 0.25) is 0 Å². The van der Waals surface area contributed by atoms with E-state index in [-0.39, 0.29) is 0 Å². The summed E-state index contributed by atoms with van der Waals surface area (Å²) in [6.45, 7) is 4.22. The van der Waals surface area contributed by atoms with Crippen LogP contribution in [0.3, 0.4) is 0 Å². The molecule has 0 saturated heterocycles. The Morgan fingerprint density at radius 1 is 1.41 bits per heavy atom. The number of carbonyl (C=O) groups excluding carboxylic acids is 1. The van der Waals surface area contributed by atoms with Crippen LogP contribution < -0.4 is 5.73 Å². The summed E-state index contributed by atoms with van der Waals surface area (Å²) in [5.74, 6) is -0.153. The number of nitrogens with two attached hydrogens (primary N) is 1. The second-order valence-corrected chi connectivity index (χ2v) is 4.29. The van der Waals surface area contributed by atoms with Crippen LogP contribution in [0.5, 0.6) is 0 Å². The number of fused-ring (bicyclic) bond motifs is 1. The normalized spacial score (nSPS) is 12.6. The van der Waals surface area contributed by atoms with Crippen molar-refractivity contribution >= 4 is 16.7 Å². The van der Waals surface area contributed by atoms with Crippen LogP contribution in [0.4, 0.5) is 0 Å². The highest BCUT2D eigenvalue weighted by Gasteiger charge is 2.13. The van der Waals surface area contributed by atoms with E-state index in [1.54, 1.807) is 6.07 Å². The van der Waals surface area contributed by atoms with Crippen molar-refractivity contribution in [2.24, 2.45) is 5.73 Å². The topological polar surface area (TPSA) is 56.0 Å². The van der Waals surface area contributed by atoms with E-state index < -0.39 is 5.91 Å². The lowest BCUT2D eigenvalue weighted by atomic mass is 9.98. The highest BCUT2D eigenvalue weighted by Crippen LogP contribution is 2.26. The van der Waals surface area contributed by atoms with Crippen molar-refractivity contribution in [2.75, 3.05) is 0 Å². The Hall–Kier alpha value is -1.90. The van der Waals surface area contributed by atoms with Crippen LogP contribution in [0.1, 0.15) is 42.4 Å². The average molecular weight is 228 g/mol. The van der Waals surface area contributed by atoms with Gasteiger partial charge in [0, 0.05) is 5.39 Å². The third-order valence-corrected chi connectivity index (χ3v) is 3.10. The number of carbonyl (C=O) groups is 1. The molecule has 17 heavy (non-hydrogen) atoms. The molecular formula is C14H16N2O. The molecule has 2 N–H and O–H groups in total. The zero-order valence-electron chi connectivity index (χ0n) is 10.1. The molecule has 0 saturated carbocycles. The minimum Gasteiger partial charge on any atom is -0.364 e. The molecule has 0 aliphatic heterocycles. The summed E-state index contributed by atoms with van der Waals surface area (Å²) in [7, 11) is 0. The van der Waals surface area contributed by atoms with Crippen molar-refractivity contribution < 1.29 is 4.79 Å². The average Bonchev–Trinajstić information content (AvgIpc) is 2.36. The predicted molar refractivity (Wildman–Crippen MR) is 69.0 cm³/mol. The smallest absolute Gasteiger partial charge is 0.267 e. The van der Waals surface area contributed by atoms with Crippen LogP contribution in [0.25, 0.3) is 10.8 Å². The number of amides is 1. The first kappa shape index (κ1) is 11.6. The van der Waals surface area contributed by atoms with Gasteiger partial charge in [-0.15, -0.1) is 0 Å². The summed E-state index contributed by atoms with van der Waals surface area (Å²) < 4.78 is 0. The molecule has 1 aromatic carbocycles. The van der Waals surface area contributed by atoms with Gasteiger partial charge in [-0.3, -0.25) is 4.79 Å². The molecule has 0 aliphatic rings. The number of benzene rings is 1. The summed E-state index contributed by atoms with van der Waals surface area (Å²) in [5, 5.41) is 2.12. The first-order chi connectivity index (χ1) is 8.13. The Morgan fingerprint density at radius 3 is 2.76 bits per heavy atom. The van der Waals surface area contributed by atoms with Crippen LogP contribution in [-0.4, -0.2) is 10.9 Å². The minimum absolute atomic E-state index is 0.319.